The second-order valence-corrected chi connectivity index (χ2v) is 6.09. The molecular weight excluding hydrogens is 274 g/mol. The summed E-state index contributed by atoms with van der Waals surface area (Å²) in [4.78, 5) is 15.8. The Morgan fingerprint density at radius 3 is 2.55 bits per heavy atom. The Morgan fingerprint density at radius 1 is 0.864 bits per heavy atom. The Hall–Kier alpha value is -2.55. The Morgan fingerprint density at radius 2 is 1.64 bits per heavy atom. The molecule has 22 heavy (non-hydrogen) atoms. The minimum Gasteiger partial charge on any atom is -0.420 e. The summed E-state index contributed by atoms with van der Waals surface area (Å²) in [5.41, 5.74) is 4.63. The maximum absolute atomic E-state index is 12.4. The van der Waals surface area contributed by atoms with E-state index in [1.807, 2.05) is 12.1 Å². The van der Waals surface area contributed by atoms with E-state index in [0.717, 1.165) is 53.1 Å². The number of aromatic nitrogens is 1. The van der Waals surface area contributed by atoms with E-state index >= 15 is 0 Å². The quantitative estimate of drug-likeness (QED) is 0.490. The number of hydrogen-bond donors (Lipinski definition) is 1. The first-order chi connectivity index (χ1) is 10.8. The van der Waals surface area contributed by atoms with Crippen LogP contribution in [0.1, 0.15) is 24.0 Å². The van der Waals surface area contributed by atoms with Crippen LogP contribution in [0.2, 0.25) is 0 Å². The number of benzene rings is 2. The van der Waals surface area contributed by atoms with Crippen LogP contribution < -0.4 is 5.63 Å². The molecule has 0 bridgehead atoms. The topological polar surface area (TPSA) is 46.0 Å². The highest BCUT2D eigenvalue weighted by molar-refractivity contribution is 6.15. The van der Waals surface area contributed by atoms with Gasteiger partial charge >= 0.3 is 5.63 Å². The van der Waals surface area contributed by atoms with E-state index in [1.54, 1.807) is 0 Å². The Labute approximate surface area is 126 Å². The lowest BCUT2D eigenvalue weighted by Gasteiger charge is -2.16. The number of aromatic amines is 1. The van der Waals surface area contributed by atoms with Gasteiger partial charge in [-0.25, -0.2) is 4.79 Å². The third kappa shape index (κ3) is 1.48. The molecule has 108 valence electrons. The van der Waals surface area contributed by atoms with Crippen molar-refractivity contribution in [3.8, 4) is 0 Å². The SMILES string of the molecule is O=c1oc2c(ccc3c4ccccc4[nH]c32)c2c1CCCC2. The van der Waals surface area contributed by atoms with E-state index in [0.29, 0.717) is 5.58 Å². The molecule has 1 N–H and O–H groups in total. The van der Waals surface area contributed by atoms with E-state index < -0.39 is 0 Å². The molecular formula is C19H15NO2. The van der Waals surface area contributed by atoms with E-state index in [-0.39, 0.29) is 5.63 Å². The monoisotopic (exact) mass is 289 g/mol. The van der Waals surface area contributed by atoms with Crippen molar-refractivity contribution in [1.82, 2.24) is 4.98 Å². The maximum atomic E-state index is 12.4. The van der Waals surface area contributed by atoms with Crippen molar-refractivity contribution >= 4 is 32.8 Å². The van der Waals surface area contributed by atoms with Crippen LogP contribution in [-0.4, -0.2) is 4.98 Å². The van der Waals surface area contributed by atoms with Gasteiger partial charge in [0.15, 0.2) is 5.58 Å². The van der Waals surface area contributed by atoms with Gasteiger partial charge < -0.3 is 9.40 Å². The summed E-state index contributed by atoms with van der Waals surface area (Å²) >= 11 is 0. The lowest BCUT2D eigenvalue weighted by molar-refractivity contribution is 0.536. The van der Waals surface area contributed by atoms with Crippen LogP contribution >= 0.6 is 0 Å². The minimum atomic E-state index is -0.159. The van der Waals surface area contributed by atoms with Gasteiger partial charge in [0.25, 0.3) is 0 Å². The molecule has 4 aromatic rings. The second kappa shape index (κ2) is 4.23. The molecule has 0 aliphatic heterocycles. The average molecular weight is 289 g/mol. The molecule has 3 nitrogen and oxygen atoms in total. The average Bonchev–Trinajstić information content (AvgIpc) is 2.94. The fourth-order valence-electron chi connectivity index (χ4n) is 3.82. The van der Waals surface area contributed by atoms with E-state index in [1.165, 1.54) is 10.9 Å². The van der Waals surface area contributed by atoms with Gasteiger partial charge in [0, 0.05) is 27.2 Å². The summed E-state index contributed by atoms with van der Waals surface area (Å²) in [5.74, 6) is 0. The number of fused-ring (bicyclic) bond motifs is 7. The molecule has 5 rings (SSSR count). The van der Waals surface area contributed by atoms with Crippen LogP contribution in [0.15, 0.2) is 45.6 Å². The van der Waals surface area contributed by atoms with Gasteiger partial charge in [0.2, 0.25) is 0 Å². The highest BCUT2D eigenvalue weighted by Crippen LogP contribution is 2.34. The molecule has 1 aliphatic rings. The van der Waals surface area contributed by atoms with Gasteiger partial charge in [-0.15, -0.1) is 0 Å². The lowest BCUT2D eigenvalue weighted by Crippen LogP contribution is -2.15. The zero-order valence-corrected chi connectivity index (χ0v) is 12.1. The third-order valence-electron chi connectivity index (χ3n) is 4.87. The van der Waals surface area contributed by atoms with Crippen LogP contribution in [0, 0.1) is 0 Å². The molecule has 0 amide bonds. The summed E-state index contributed by atoms with van der Waals surface area (Å²) in [6.45, 7) is 0. The number of H-pyrrole nitrogens is 1. The molecule has 2 aromatic heterocycles. The summed E-state index contributed by atoms with van der Waals surface area (Å²) in [6, 6.07) is 12.4. The van der Waals surface area contributed by atoms with Crippen molar-refractivity contribution in [1.29, 1.82) is 0 Å². The van der Waals surface area contributed by atoms with E-state index in [9.17, 15) is 4.79 Å². The van der Waals surface area contributed by atoms with Crippen molar-refractivity contribution in [2.45, 2.75) is 25.7 Å². The molecule has 1 aliphatic carbocycles. The largest absolute Gasteiger partial charge is 0.420 e. The number of aryl methyl sites for hydroxylation is 1. The Balaban J connectivity index is 2.01. The Bertz CT molecular complexity index is 1100. The van der Waals surface area contributed by atoms with Gasteiger partial charge in [0.05, 0.1) is 5.52 Å². The molecule has 0 saturated carbocycles. The first-order valence-electron chi connectivity index (χ1n) is 7.81. The number of para-hydroxylation sites is 1. The van der Waals surface area contributed by atoms with Gasteiger partial charge in [-0.1, -0.05) is 30.3 Å². The highest BCUT2D eigenvalue weighted by Gasteiger charge is 2.20. The third-order valence-corrected chi connectivity index (χ3v) is 4.87. The summed E-state index contributed by atoms with van der Waals surface area (Å²) in [7, 11) is 0. The maximum Gasteiger partial charge on any atom is 0.339 e. The van der Waals surface area contributed by atoms with Gasteiger partial charge in [-0.05, 0) is 37.3 Å². The molecule has 0 fully saturated rings. The molecule has 0 unspecified atom stereocenters. The molecule has 2 aromatic carbocycles. The number of hydrogen-bond acceptors (Lipinski definition) is 2. The zero-order valence-electron chi connectivity index (χ0n) is 12.1. The minimum absolute atomic E-state index is 0.159. The Kier molecular flexibility index (Phi) is 2.31. The predicted octanol–water partition coefficient (Wildman–Crippen LogP) is 4.31. The predicted molar refractivity (Wildman–Crippen MR) is 88.5 cm³/mol. The standard InChI is InChI=1S/C19H15NO2/c21-19-15-7-2-1-5-11(15)14-10-9-13-12-6-3-4-8-16(12)20-17(13)18(14)22-19/h3-4,6,8-10,20H,1-2,5,7H2. The first-order valence-corrected chi connectivity index (χ1v) is 7.81. The number of nitrogens with one attached hydrogen (secondary N) is 1. The molecule has 0 spiro atoms. The summed E-state index contributed by atoms with van der Waals surface area (Å²) in [5, 5.41) is 3.37. The van der Waals surface area contributed by atoms with Gasteiger partial charge in [0.1, 0.15) is 0 Å². The van der Waals surface area contributed by atoms with Crippen molar-refractivity contribution in [2.75, 3.05) is 0 Å². The van der Waals surface area contributed by atoms with Crippen LogP contribution in [0.25, 0.3) is 32.8 Å². The highest BCUT2D eigenvalue weighted by atomic mass is 16.4. The number of rotatable bonds is 0. The second-order valence-electron chi connectivity index (χ2n) is 6.09. The van der Waals surface area contributed by atoms with Crippen LogP contribution in [0.5, 0.6) is 0 Å². The van der Waals surface area contributed by atoms with E-state index in [2.05, 4.69) is 29.2 Å². The van der Waals surface area contributed by atoms with Gasteiger partial charge in [-0.3, -0.25) is 0 Å². The lowest BCUT2D eigenvalue weighted by atomic mass is 9.90. The van der Waals surface area contributed by atoms with Gasteiger partial charge in [-0.2, -0.15) is 0 Å². The summed E-state index contributed by atoms with van der Waals surface area (Å²) in [6.07, 6.45) is 4.05. The van der Waals surface area contributed by atoms with Crippen molar-refractivity contribution in [2.24, 2.45) is 0 Å². The summed E-state index contributed by atoms with van der Waals surface area (Å²) < 4.78 is 5.72. The van der Waals surface area contributed by atoms with Crippen molar-refractivity contribution in [3.63, 3.8) is 0 Å². The van der Waals surface area contributed by atoms with Crippen LogP contribution in [-0.2, 0) is 12.8 Å². The normalized spacial score (nSPS) is 14.7. The van der Waals surface area contributed by atoms with Crippen molar-refractivity contribution in [3.05, 3.63) is 57.9 Å². The van der Waals surface area contributed by atoms with Crippen molar-refractivity contribution < 1.29 is 4.42 Å². The van der Waals surface area contributed by atoms with E-state index in [4.69, 9.17) is 4.42 Å². The first kappa shape index (κ1) is 12.0. The molecule has 3 heteroatoms. The fourth-order valence-corrected chi connectivity index (χ4v) is 3.82. The van der Waals surface area contributed by atoms with Crippen LogP contribution in [0.3, 0.4) is 0 Å². The fraction of sp³-hybridized carbons (Fsp3) is 0.211. The smallest absolute Gasteiger partial charge is 0.339 e. The molecule has 0 saturated heterocycles. The molecule has 0 radical (unpaired) electrons. The zero-order chi connectivity index (χ0) is 14.7. The molecule has 0 atom stereocenters. The molecule has 2 heterocycles. The van der Waals surface area contributed by atoms with Crippen LogP contribution in [0.4, 0.5) is 0 Å².